The Hall–Kier alpha value is -0.680. The molecule has 1 aromatic rings. The molecule has 3 rings (SSSR count). The number of halogens is 1. The predicted molar refractivity (Wildman–Crippen MR) is 98.1 cm³/mol. The summed E-state index contributed by atoms with van der Waals surface area (Å²) in [4.78, 5) is 9.40. The first-order valence-electron chi connectivity index (χ1n) is 8.73. The molecule has 0 amide bonds. The molecule has 5 heteroatoms. The number of likely N-dealkylation sites (tertiary alicyclic amines) is 1. The summed E-state index contributed by atoms with van der Waals surface area (Å²) in [5, 5.41) is 3.46. The summed E-state index contributed by atoms with van der Waals surface area (Å²) in [6.07, 6.45) is 7.89. The standard InChI is InChI=1S/C18H30N4.ClH/c1-21(13-15-5-9-19-10-6-15)14-17-7-11-22(2)18(17)16-4-3-8-20-12-16;/h3-4,8,12,15,17-19H,5-7,9-11,13-14H2,1-2H3;1H/t17-,18-;/m0./s1. The average Bonchev–Trinajstić information content (AvgIpc) is 2.89. The Morgan fingerprint density at radius 1 is 1.26 bits per heavy atom. The van der Waals surface area contributed by atoms with Crippen LogP contribution >= 0.6 is 12.4 Å². The van der Waals surface area contributed by atoms with Gasteiger partial charge in [-0.1, -0.05) is 6.07 Å². The summed E-state index contributed by atoms with van der Waals surface area (Å²) in [5.74, 6) is 1.60. The fourth-order valence-corrected chi connectivity index (χ4v) is 4.27. The summed E-state index contributed by atoms with van der Waals surface area (Å²) >= 11 is 0. The number of pyridine rings is 1. The number of nitrogens with zero attached hydrogens (tertiary/aromatic N) is 3. The van der Waals surface area contributed by atoms with Crippen LogP contribution in [0.4, 0.5) is 0 Å². The van der Waals surface area contributed by atoms with Gasteiger partial charge in [-0.25, -0.2) is 0 Å². The third kappa shape index (κ3) is 4.90. The second-order valence-corrected chi connectivity index (χ2v) is 7.18. The lowest BCUT2D eigenvalue weighted by Gasteiger charge is -2.31. The fraction of sp³-hybridized carbons (Fsp3) is 0.722. The zero-order valence-electron chi connectivity index (χ0n) is 14.4. The molecule has 0 aliphatic carbocycles. The molecule has 4 nitrogen and oxygen atoms in total. The highest BCUT2D eigenvalue weighted by molar-refractivity contribution is 5.85. The van der Waals surface area contributed by atoms with E-state index in [9.17, 15) is 0 Å². The molecule has 130 valence electrons. The molecule has 2 atom stereocenters. The Labute approximate surface area is 147 Å². The van der Waals surface area contributed by atoms with Crippen molar-refractivity contribution in [2.75, 3.05) is 46.8 Å². The van der Waals surface area contributed by atoms with Gasteiger partial charge in [-0.15, -0.1) is 12.4 Å². The van der Waals surface area contributed by atoms with Crippen LogP contribution in [0.2, 0.25) is 0 Å². The molecule has 0 spiro atoms. The van der Waals surface area contributed by atoms with Gasteiger partial charge in [0.2, 0.25) is 0 Å². The Bertz CT molecular complexity index is 450. The molecule has 1 N–H and O–H groups in total. The number of aromatic nitrogens is 1. The normalized spacial score (nSPS) is 26.4. The quantitative estimate of drug-likeness (QED) is 0.893. The van der Waals surface area contributed by atoms with Crippen LogP contribution in [0.1, 0.15) is 30.9 Å². The van der Waals surface area contributed by atoms with Crippen molar-refractivity contribution in [2.45, 2.75) is 25.3 Å². The van der Waals surface area contributed by atoms with Crippen molar-refractivity contribution in [2.24, 2.45) is 11.8 Å². The molecule has 2 aliphatic heterocycles. The fourth-order valence-electron chi connectivity index (χ4n) is 4.27. The molecule has 0 unspecified atom stereocenters. The van der Waals surface area contributed by atoms with Gasteiger partial charge in [-0.05, 0) is 76.5 Å². The van der Waals surface area contributed by atoms with Crippen molar-refractivity contribution in [3.8, 4) is 0 Å². The smallest absolute Gasteiger partial charge is 0.0401 e. The van der Waals surface area contributed by atoms with E-state index in [1.165, 1.54) is 57.5 Å². The van der Waals surface area contributed by atoms with Crippen molar-refractivity contribution in [1.29, 1.82) is 0 Å². The lowest BCUT2D eigenvalue weighted by molar-refractivity contribution is 0.186. The molecule has 2 fully saturated rings. The molecule has 0 bridgehead atoms. The van der Waals surface area contributed by atoms with Gasteiger partial charge in [-0.3, -0.25) is 9.88 Å². The SMILES string of the molecule is CN(CC1CCNCC1)C[C@@H]1CCN(C)[C@H]1c1cccnc1.Cl. The summed E-state index contributed by atoms with van der Waals surface area (Å²) in [6.45, 7) is 6.05. The Kier molecular flexibility index (Phi) is 7.28. The number of piperidine rings is 1. The van der Waals surface area contributed by atoms with E-state index >= 15 is 0 Å². The maximum Gasteiger partial charge on any atom is 0.0401 e. The van der Waals surface area contributed by atoms with Crippen molar-refractivity contribution in [3.05, 3.63) is 30.1 Å². The van der Waals surface area contributed by atoms with E-state index in [4.69, 9.17) is 0 Å². The molecule has 23 heavy (non-hydrogen) atoms. The first-order valence-corrected chi connectivity index (χ1v) is 8.73. The van der Waals surface area contributed by atoms with Crippen LogP contribution in [0.25, 0.3) is 0 Å². The van der Waals surface area contributed by atoms with Gasteiger partial charge in [0, 0.05) is 31.5 Å². The molecule has 2 saturated heterocycles. The van der Waals surface area contributed by atoms with Gasteiger partial charge in [0.15, 0.2) is 0 Å². The maximum absolute atomic E-state index is 4.32. The molecule has 2 aliphatic rings. The monoisotopic (exact) mass is 338 g/mol. The third-order valence-corrected chi connectivity index (χ3v) is 5.37. The minimum atomic E-state index is 0. The predicted octanol–water partition coefficient (Wildman–Crippen LogP) is 2.43. The van der Waals surface area contributed by atoms with Crippen molar-refractivity contribution >= 4 is 12.4 Å². The highest BCUT2D eigenvalue weighted by Crippen LogP contribution is 2.36. The van der Waals surface area contributed by atoms with Crippen LogP contribution in [0, 0.1) is 11.8 Å². The van der Waals surface area contributed by atoms with E-state index in [1.807, 2.05) is 12.4 Å². The van der Waals surface area contributed by atoms with Crippen molar-refractivity contribution in [3.63, 3.8) is 0 Å². The van der Waals surface area contributed by atoms with E-state index < -0.39 is 0 Å². The first-order chi connectivity index (χ1) is 10.7. The van der Waals surface area contributed by atoms with E-state index in [2.05, 4.69) is 46.3 Å². The van der Waals surface area contributed by atoms with Crippen LogP contribution in [0.3, 0.4) is 0 Å². The molecule has 0 saturated carbocycles. The summed E-state index contributed by atoms with van der Waals surface area (Å²) in [7, 11) is 4.56. The van der Waals surface area contributed by atoms with Crippen molar-refractivity contribution in [1.82, 2.24) is 20.1 Å². The van der Waals surface area contributed by atoms with Gasteiger partial charge in [-0.2, -0.15) is 0 Å². The van der Waals surface area contributed by atoms with E-state index in [0.717, 1.165) is 11.8 Å². The summed E-state index contributed by atoms with van der Waals surface area (Å²) in [5.41, 5.74) is 1.38. The largest absolute Gasteiger partial charge is 0.317 e. The molecule has 1 aromatic heterocycles. The van der Waals surface area contributed by atoms with Crippen LogP contribution in [0.15, 0.2) is 24.5 Å². The number of hydrogen-bond donors (Lipinski definition) is 1. The van der Waals surface area contributed by atoms with Gasteiger partial charge < -0.3 is 10.2 Å². The highest BCUT2D eigenvalue weighted by Gasteiger charge is 2.33. The van der Waals surface area contributed by atoms with Crippen LogP contribution in [-0.4, -0.2) is 61.6 Å². The van der Waals surface area contributed by atoms with Gasteiger partial charge >= 0.3 is 0 Å². The van der Waals surface area contributed by atoms with Crippen LogP contribution < -0.4 is 5.32 Å². The highest BCUT2D eigenvalue weighted by atomic mass is 35.5. The van der Waals surface area contributed by atoms with Gasteiger partial charge in [0.25, 0.3) is 0 Å². The Balaban J connectivity index is 0.00000192. The molecular formula is C18H31ClN4. The summed E-state index contributed by atoms with van der Waals surface area (Å²) in [6, 6.07) is 4.83. The molecule has 0 radical (unpaired) electrons. The molecular weight excluding hydrogens is 308 g/mol. The zero-order chi connectivity index (χ0) is 15.4. The third-order valence-electron chi connectivity index (χ3n) is 5.37. The van der Waals surface area contributed by atoms with Gasteiger partial charge in [0.05, 0.1) is 0 Å². The first kappa shape index (κ1) is 18.7. The second kappa shape index (κ2) is 8.97. The minimum absolute atomic E-state index is 0. The molecule has 3 heterocycles. The summed E-state index contributed by atoms with van der Waals surface area (Å²) < 4.78 is 0. The average molecular weight is 339 g/mol. The van der Waals surface area contributed by atoms with Crippen molar-refractivity contribution < 1.29 is 0 Å². The van der Waals surface area contributed by atoms with Crippen LogP contribution in [-0.2, 0) is 0 Å². The van der Waals surface area contributed by atoms with Crippen LogP contribution in [0.5, 0.6) is 0 Å². The maximum atomic E-state index is 4.32. The van der Waals surface area contributed by atoms with E-state index in [-0.39, 0.29) is 12.4 Å². The Morgan fingerprint density at radius 2 is 2.04 bits per heavy atom. The number of rotatable bonds is 5. The molecule has 0 aromatic carbocycles. The number of nitrogens with one attached hydrogen (secondary N) is 1. The minimum Gasteiger partial charge on any atom is -0.317 e. The second-order valence-electron chi connectivity index (χ2n) is 7.18. The topological polar surface area (TPSA) is 31.4 Å². The van der Waals surface area contributed by atoms with E-state index in [0.29, 0.717) is 6.04 Å². The van der Waals surface area contributed by atoms with Gasteiger partial charge in [0.1, 0.15) is 0 Å². The Morgan fingerprint density at radius 3 is 2.74 bits per heavy atom. The number of hydrogen-bond acceptors (Lipinski definition) is 4. The van der Waals surface area contributed by atoms with E-state index in [1.54, 1.807) is 0 Å². The zero-order valence-corrected chi connectivity index (χ0v) is 15.3. The lowest BCUT2D eigenvalue weighted by atomic mass is 9.93. The lowest BCUT2D eigenvalue weighted by Crippen LogP contribution is -2.37.